The van der Waals surface area contributed by atoms with Crippen molar-refractivity contribution in [2.24, 2.45) is 0 Å². The Morgan fingerprint density at radius 3 is 2.48 bits per heavy atom. The van der Waals surface area contributed by atoms with Crippen LogP contribution in [0.2, 0.25) is 0 Å². The van der Waals surface area contributed by atoms with Crippen LogP contribution in [0.5, 0.6) is 0 Å². The van der Waals surface area contributed by atoms with E-state index in [1.54, 1.807) is 13.0 Å². The molecule has 0 aromatic heterocycles. The highest BCUT2D eigenvalue weighted by Crippen LogP contribution is 2.06. The van der Waals surface area contributed by atoms with Crippen molar-refractivity contribution >= 4 is 11.8 Å². The molecule has 23 heavy (non-hydrogen) atoms. The molecule has 0 aliphatic rings. The molecule has 0 bridgehead atoms. The summed E-state index contributed by atoms with van der Waals surface area (Å²) < 4.78 is 4.87. The summed E-state index contributed by atoms with van der Waals surface area (Å²) in [4.78, 5) is 21.6. The molecule has 0 radical (unpaired) electrons. The Kier molecular flexibility index (Phi) is 14.5. The number of hydrogen-bond donors (Lipinski definition) is 0. The Morgan fingerprint density at radius 2 is 1.74 bits per heavy atom. The van der Waals surface area contributed by atoms with Crippen LogP contribution in [0.25, 0.3) is 0 Å². The van der Waals surface area contributed by atoms with E-state index in [2.05, 4.69) is 29.8 Å². The van der Waals surface area contributed by atoms with Crippen LogP contribution >= 0.6 is 0 Å². The van der Waals surface area contributed by atoms with Crippen LogP contribution in [0.1, 0.15) is 58.8 Å². The average molecular weight is 314 g/mol. The lowest BCUT2D eigenvalue weighted by Gasteiger charge is -2.01. The second-order valence-corrected chi connectivity index (χ2v) is 4.99. The lowest BCUT2D eigenvalue weighted by Crippen LogP contribution is -1.99. The fourth-order valence-electron chi connectivity index (χ4n) is 1.75. The van der Waals surface area contributed by atoms with Crippen molar-refractivity contribution in [2.45, 2.75) is 58.8 Å². The molecule has 0 aliphatic carbocycles. The van der Waals surface area contributed by atoms with Crippen molar-refractivity contribution in [2.75, 3.05) is 6.61 Å². The Balaban J connectivity index is 3.48. The SMILES string of the molecule is CC=CC(=O)C#CC#CCC=CCCCCCCCOC(C)=O. The molecular formula is C20H26O3. The molecule has 124 valence electrons. The normalized spacial score (nSPS) is 10.0. The zero-order valence-electron chi connectivity index (χ0n) is 14.2. The number of rotatable bonds is 10. The van der Waals surface area contributed by atoms with Crippen molar-refractivity contribution < 1.29 is 14.3 Å². The first-order valence-electron chi connectivity index (χ1n) is 8.10. The van der Waals surface area contributed by atoms with Crippen LogP contribution in [-0.2, 0) is 14.3 Å². The quantitative estimate of drug-likeness (QED) is 0.153. The minimum absolute atomic E-state index is 0.200. The van der Waals surface area contributed by atoms with Crippen molar-refractivity contribution in [3.8, 4) is 23.7 Å². The topological polar surface area (TPSA) is 43.4 Å². The number of ketones is 1. The Bertz CT molecular complexity index is 519. The Hall–Kier alpha value is -2.26. The third-order valence-electron chi connectivity index (χ3n) is 2.86. The predicted molar refractivity (Wildman–Crippen MR) is 93.5 cm³/mol. The van der Waals surface area contributed by atoms with Crippen LogP contribution in [0.4, 0.5) is 0 Å². The number of allylic oxidation sites excluding steroid dienone is 4. The molecule has 3 heteroatoms. The molecule has 0 aromatic carbocycles. The van der Waals surface area contributed by atoms with Crippen LogP contribution in [0, 0.1) is 23.7 Å². The standard InChI is InChI=1S/C20H26O3/c1-3-16-20(22)17-14-12-10-8-6-4-5-7-9-11-13-15-18-23-19(2)21/h3-4,6,16H,5,7-9,11,13,15,18H2,1-2H3. The number of unbranched alkanes of at least 4 members (excludes halogenated alkanes) is 5. The van der Waals surface area contributed by atoms with Gasteiger partial charge in [-0.3, -0.25) is 9.59 Å². The molecule has 0 spiro atoms. The van der Waals surface area contributed by atoms with Gasteiger partial charge in [0.05, 0.1) is 6.61 Å². The maximum atomic E-state index is 11.0. The summed E-state index contributed by atoms with van der Waals surface area (Å²) in [7, 11) is 0. The maximum Gasteiger partial charge on any atom is 0.302 e. The van der Waals surface area contributed by atoms with Gasteiger partial charge in [-0.25, -0.2) is 0 Å². The third-order valence-corrected chi connectivity index (χ3v) is 2.86. The van der Waals surface area contributed by atoms with Gasteiger partial charge in [0, 0.05) is 13.3 Å². The minimum atomic E-state index is -0.217. The van der Waals surface area contributed by atoms with Gasteiger partial charge in [0.1, 0.15) is 0 Å². The van der Waals surface area contributed by atoms with Gasteiger partial charge in [-0.1, -0.05) is 43.4 Å². The molecule has 0 amide bonds. The minimum Gasteiger partial charge on any atom is -0.466 e. The summed E-state index contributed by atoms with van der Waals surface area (Å²) in [6, 6.07) is 0. The predicted octanol–water partition coefficient (Wildman–Crippen LogP) is 3.99. The summed E-state index contributed by atoms with van der Waals surface area (Å²) in [5, 5.41) is 0. The van der Waals surface area contributed by atoms with Gasteiger partial charge in [0.15, 0.2) is 0 Å². The molecule has 0 rings (SSSR count). The average Bonchev–Trinajstić information content (AvgIpc) is 2.51. The zero-order valence-corrected chi connectivity index (χ0v) is 14.2. The first-order chi connectivity index (χ1) is 11.2. The molecule has 0 heterocycles. The summed E-state index contributed by atoms with van der Waals surface area (Å²) in [6.45, 7) is 3.75. The van der Waals surface area contributed by atoms with E-state index in [1.165, 1.54) is 25.8 Å². The molecule has 0 saturated carbocycles. The summed E-state index contributed by atoms with van der Waals surface area (Å²) >= 11 is 0. The molecule has 0 atom stereocenters. The van der Waals surface area contributed by atoms with Gasteiger partial charge in [-0.2, -0.15) is 0 Å². The van der Waals surface area contributed by atoms with E-state index in [9.17, 15) is 9.59 Å². The monoisotopic (exact) mass is 314 g/mol. The van der Waals surface area contributed by atoms with E-state index < -0.39 is 0 Å². The molecule has 0 saturated heterocycles. The van der Waals surface area contributed by atoms with Crippen molar-refractivity contribution in [1.29, 1.82) is 0 Å². The highest BCUT2D eigenvalue weighted by molar-refractivity contribution is 6.04. The first-order valence-corrected chi connectivity index (χ1v) is 8.10. The smallest absolute Gasteiger partial charge is 0.302 e. The van der Waals surface area contributed by atoms with Gasteiger partial charge in [-0.05, 0) is 50.0 Å². The highest BCUT2D eigenvalue weighted by Gasteiger charge is 1.93. The third kappa shape index (κ3) is 17.7. The second-order valence-electron chi connectivity index (χ2n) is 4.99. The lowest BCUT2D eigenvalue weighted by molar-refractivity contribution is -0.141. The highest BCUT2D eigenvalue weighted by atomic mass is 16.5. The van der Waals surface area contributed by atoms with Crippen molar-refractivity contribution in [1.82, 2.24) is 0 Å². The molecular weight excluding hydrogens is 288 g/mol. The molecule has 0 aliphatic heterocycles. The number of carbonyl (C=O) groups excluding carboxylic acids is 2. The van der Waals surface area contributed by atoms with Crippen molar-refractivity contribution in [3.05, 3.63) is 24.3 Å². The van der Waals surface area contributed by atoms with Gasteiger partial charge in [-0.15, -0.1) is 0 Å². The van der Waals surface area contributed by atoms with E-state index in [4.69, 9.17) is 4.74 Å². The summed E-state index contributed by atoms with van der Waals surface area (Å²) in [5.74, 6) is 10.1. The van der Waals surface area contributed by atoms with E-state index in [0.717, 1.165) is 25.7 Å². The van der Waals surface area contributed by atoms with E-state index in [0.29, 0.717) is 13.0 Å². The molecule has 3 nitrogen and oxygen atoms in total. The van der Waals surface area contributed by atoms with Gasteiger partial charge >= 0.3 is 5.97 Å². The number of carbonyl (C=O) groups is 2. The lowest BCUT2D eigenvalue weighted by atomic mass is 10.1. The van der Waals surface area contributed by atoms with Crippen molar-refractivity contribution in [3.63, 3.8) is 0 Å². The van der Waals surface area contributed by atoms with Crippen LogP contribution in [-0.4, -0.2) is 18.4 Å². The van der Waals surface area contributed by atoms with E-state index in [1.807, 2.05) is 6.08 Å². The van der Waals surface area contributed by atoms with Gasteiger partial charge in [0.25, 0.3) is 0 Å². The number of esters is 1. The Labute approximate surface area is 140 Å². The molecule has 0 N–H and O–H groups in total. The van der Waals surface area contributed by atoms with Gasteiger partial charge in [0.2, 0.25) is 5.78 Å². The van der Waals surface area contributed by atoms with Crippen LogP contribution in [0.15, 0.2) is 24.3 Å². The van der Waals surface area contributed by atoms with E-state index >= 15 is 0 Å². The Morgan fingerprint density at radius 1 is 1.00 bits per heavy atom. The molecule has 0 fully saturated rings. The molecule has 0 aromatic rings. The van der Waals surface area contributed by atoms with Crippen LogP contribution in [0.3, 0.4) is 0 Å². The fourth-order valence-corrected chi connectivity index (χ4v) is 1.75. The largest absolute Gasteiger partial charge is 0.466 e. The molecule has 0 unspecified atom stereocenters. The second kappa shape index (κ2) is 16.1. The number of ether oxygens (including phenoxy) is 1. The summed E-state index contributed by atoms with van der Waals surface area (Å²) in [5.41, 5.74) is 0. The fraction of sp³-hybridized carbons (Fsp3) is 0.500. The maximum absolute atomic E-state index is 11.0. The number of hydrogen-bond acceptors (Lipinski definition) is 3. The van der Waals surface area contributed by atoms with Crippen LogP contribution < -0.4 is 0 Å². The van der Waals surface area contributed by atoms with Gasteiger partial charge < -0.3 is 4.74 Å². The zero-order chi connectivity index (χ0) is 17.2. The van der Waals surface area contributed by atoms with E-state index in [-0.39, 0.29) is 11.8 Å². The first kappa shape index (κ1) is 20.7. The summed E-state index contributed by atoms with van der Waals surface area (Å²) in [6.07, 6.45) is 14.5.